The molecule has 2 aromatic rings. The van der Waals surface area contributed by atoms with Crippen LogP contribution in [0.25, 0.3) is 0 Å². The van der Waals surface area contributed by atoms with E-state index >= 15 is 0 Å². The predicted molar refractivity (Wildman–Crippen MR) is 139 cm³/mol. The Morgan fingerprint density at radius 2 is 1.92 bits per heavy atom. The number of nitrogens with zero attached hydrogens (tertiary/aromatic N) is 1. The lowest BCUT2D eigenvalue weighted by Crippen LogP contribution is -2.44. The Labute approximate surface area is 224 Å². The lowest BCUT2D eigenvalue weighted by Gasteiger charge is -2.31. The average molecular weight is 544 g/mol. The van der Waals surface area contributed by atoms with Crippen LogP contribution in [0.3, 0.4) is 0 Å². The number of rotatable bonds is 10. The van der Waals surface area contributed by atoms with Crippen LogP contribution in [-0.2, 0) is 25.7 Å². The van der Waals surface area contributed by atoms with Crippen molar-refractivity contribution in [2.75, 3.05) is 26.6 Å². The van der Waals surface area contributed by atoms with Crippen molar-refractivity contribution in [3.05, 3.63) is 69.2 Å². The Balaban J connectivity index is 1.82. The topological polar surface area (TPSA) is 127 Å². The fraction of sp³-hybridized carbons (Fsp3) is 0.308. The van der Waals surface area contributed by atoms with Gasteiger partial charge in [0.25, 0.3) is 0 Å². The number of thioether (sulfide) groups is 1. The Kier molecular flexibility index (Phi) is 9.83. The number of allylic oxidation sites excluding steroid dienone is 1. The number of hydrogen-bond donors (Lipinski definition) is 2. The quantitative estimate of drug-likeness (QED) is 0.344. The van der Waals surface area contributed by atoms with Gasteiger partial charge in [-0.05, 0) is 42.3 Å². The van der Waals surface area contributed by atoms with Crippen LogP contribution in [0.4, 0.5) is 0 Å². The van der Waals surface area contributed by atoms with E-state index in [9.17, 15) is 19.6 Å². The summed E-state index contributed by atoms with van der Waals surface area (Å²) in [7, 11) is 2.75. The fourth-order valence-electron chi connectivity index (χ4n) is 3.80. The van der Waals surface area contributed by atoms with Crippen LogP contribution in [0.1, 0.15) is 24.0 Å². The molecular weight excluding hydrogens is 518 g/mol. The monoisotopic (exact) mass is 543 g/mol. The van der Waals surface area contributed by atoms with Crippen LogP contribution in [0.15, 0.2) is 53.1 Å². The summed E-state index contributed by atoms with van der Waals surface area (Å²) in [5.41, 5.74) is 1.48. The molecule has 9 nitrogen and oxygen atoms in total. The first kappa shape index (κ1) is 27.9. The number of amides is 2. The Hall–Kier alpha value is -3.68. The molecule has 2 amide bonds. The van der Waals surface area contributed by atoms with Crippen LogP contribution in [0.5, 0.6) is 11.5 Å². The highest BCUT2D eigenvalue weighted by Gasteiger charge is 2.44. The van der Waals surface area contributed by atoms with E-state index in [1.54, 1.807) is 37.4 Å². The predicted octanol–water partition coefficient (Wildman–Crippen LogP) is 3.53. The Morgan fingerprint density at radius 1 is 1.19 bits per heavy atom. The highest BCUT2D eigenvalue weighted by Crippen LogP contribution is 2.42. The van der Waals surface area contributed by atoms with Gasteiger partial charge in [-0.3, -0.25) is 14.4 Å². The number of halogens is 1. The van der Waals surface area contributed by atoms with Gasteiger partial charge in [0.2, 0.25) is 11.8 Å². The van der Waals surface area contributed by atoms with Gasteiger partial charge < -0.3 is 24.8 Å². The summed E-state index contributed by atoms with van der Waals surface area (Å²) in [5, 5.41) is 15.9. The van der Waals surface area contributed by atoms with Crippen LogP contribution in [-0.4, -0.2) is 44.4 Å². The second-order valence-electron chi connectivity index (χ2n) is 7.86. The van der Waals surface area contributed by atoms with Crippen molar-refractivity contribution in [1.29, 1.82) is 5.26 Å². The maximum Gasteiger partial charge on any atom is 0.319 e. The van der Waals surface area contributed by atoms with E-state index in [2.05, 4.69) is 16.7 Å². The lowest BCUT2D eigenvalue weighted by atomic mass is 9.78. The summed E-state index contributed by atoms with van der Waals surface area (Å²) in [6.45, 7) is 2.52. The molecule has 1 heterocycles. The minimum absolute atomic E-state index is 0.0589. The average Bonchev–Trinajstić information content (AvgIpc) is 2.91. The standard InChI is InChI=1S/C26H26ClN3O6S/c1-4-36-20-10-7-16(11-19(20)27)22-18(12-28)25(30-24(32)23(22)26(33)35-3)37-14-21(31)29-13-15-5-8-17(34-2)9-6-15/h5-11,22-23H,4,13-14H2,1-3H3,(H,29,31)(H,30,32)/t22-,23-/m1/s1. The van der Waals surface area contributed by atoms with Crippen LogP contribution in [0.2, 0.25) is 5.02 Å². The van der Waals surface area contributed by atoms with Crippen molar-refractivity contribution in [3.8, 4) is 17.6 Å². The normalized spacial score (nSPS) is 16.9. The maximum atomic E-state index is 13.0. The zero-order valence-electron chi connectivity index (χ0n) is 20.5. The number of nitrogens with one attached hydrogen (secondary N) is 2. The van der Waals surface area contributed by atoms with E-state index in [0.717, 1.165) is 17.3 Å². The molecule has 0 fully saturated rings. The third-order valence-corrected chi connectivity index (χ3v) is 6.91. The third-order valence-electron chi connectivity index (χ3n) is 5.59. The minimum Gasteiger partial charge on any atom is -0.497 e. The highest BCUT2D eigenvalue weighted by atomic mass is 35.5. The number of carbonyl (C=O) groups excluding carboxylic acids is 3. The van der Waals surface area contributed by atoms with Crippen molar-refractivity contribution in [2.45, 2.75) is 19.4 Å². The molecule has 0 radical (unpaired) electrons. The summed E-state index contributed by atoms with van der Waals surface area (Å²) in [4.78, 5) is 38.0. The fourth-order valence-corrected chi connectivity index (χ4v) is 4.92. The van der Waals surface area contributed by atoms with Gasteiger partial charge in [-0.25, -0.2) is 0 Å². The first-order chi connectivity index (χ1) is 17.8. The molecule has 0 spiro atoms. The van der Waals surface area contributed by atoms with E-state index in [-0.39, 0.29) is 27.3 Å². The Morgan fingerprint density at radius 3 is 2.51 bits per heavy atom. The summed E-state index contributed by atoms with van der Waals surface area (Å²) in [6.07, 6.45) is 0. The summed E-state index contributed by atoms with van der Waals surface area (Å²) >= 11 is 7.35. The van der Waals surface area contributed by atoms with Gasteiger partial charge >= 0.3 is 5.97 Å². The molecule has 0 saturated heterocycles. The number of nitriles is 1. The zero-order chi connectivity index (χ0) is 26.9. The molecule has 2 aromatic carbocycles. The van der Waals surface area contributed by atoms with Gasteiger partial charge in [-0.15, -0.1) is 0 Å². The highest BCUT2D eigenvalue weighted by molar-refractivity contribution is 8.03. The Bertz CT molecular complexity index is 1240. The molecule has 194 valence electrons. The number of esters is 1. The molecule has 37 heavy (non-hydrogen) atoms. The minimum atomic E-state index is -1.30. The van der Waals surface area contributed by atoms with Gasteiger partial charge in [0.15, 0.2) is 0 Å². The van der Waals surface area contributed by atoms with Gasteiger partial charge in [0, 0.05) is 12.5 Å². The number of hydrogen-bond acceptors (Lipinski definition) is 8. The molecule has 1 aliphatic heterocycles. The van der Waals surface area contributed by atoms with E-state index in [0.29, 0.717) is 30.2 Å². The van der Waals surface area contributed by atoms with E-state index in [1.165, 1.54) is 7.11 Å². The van der Waals surface area contributed by atoms with Gasteiger partial charge in [-0.1, -0.05) is 41.6 Å². The number of benzene rings is 2. The molecule has 2 N–H and O–H groups in total. The number of carbonyl (C=O) groups is 3. The zero-order valence-corrected chi connectivity index (χ0v) is 22.1. The second-order valence-corrected chi connectivity index (χ2v) is 9.25. The largest absolute Gasteiger partial charge is 0.497 e. The molecule has 0 aliphatic carbocycles. The lowest BCUT2D eigenvalue weighted by molar-refractivity contribution is -0.150. The molecule has 0 unspecified atom stereocenters. The molecule has 2 atom stereocenters. The van der Waals surface area contributed by atoms with E-state index < -0.39 is 23.7 Å². The van der Waals surface area contributed by atoms with Crippen LogP contribution in [0, 0.1) is 17.2 Å². The van der Waals surface area contributed by atoms with Crippen molar-refractivity contribution >= 4 is 41.1 Å². The first-order valence-electron chi connectivity index (χ1n) is 11.3. The maximum absolute atomic E-state index is 13.0. The molecule has 0 saturated carbocycles. The van der Waals surface area contributed by atoms with Crippen LogP contribution >= 0.6 is 23.4 Å². The summed E-state index contributed by atoms with van der Waals surface area (Å²) in [6, 6.07) is 14.2. The SMILES string of the molecule is CCOc1ccc([C@@H]2C(C#N)=C(SCC(=O)NCc3ccc(OC)cc3)NC(=O)[C@@H]2C(=O)OC)cc1Cl. The van der Waals surface area contributed by atoms with Gasteiger partial charge in [0.1, 0.15) is 17.4 Å². The number of methoxy groups -OCH3 is 2. The smallest absolute Gasteiger partial charge is 0.319 e. The van der Waals surface area contributed by atoms with E-state index in [4.69, 9.17) is 25.8 Å². The van der Waals surface area contributed by atoms with Crippen molar-refractivity contribution < 1.29 is 28.6 Å². The molecule has 0 bridgehead atoms. The van der Waals surface area contributed by atoms with Gasteiger partial charge in [-0.2, -0.15) is 5.26 Å². The van der Waals surface area contributed by atoms with Crippen molar-refractivity contribution in [3.63, 3.8) is 0 Å². The number of ether oxygens (including phenoxy) is 3. The summed E-state index contributed by atoms with van der Waals surface area (Å²) < 4.78 is 15.4. The second kappa shape index (κ2) is 13.0. The summed E-state index contributed by atoms with van der Waals surface area (Å²) in [5.74, 6) is -2.89. The van der Waals surface area contributed by atoms with Crippen molar-refractivity contribution in [2.24, 2.45) is 5.92 Å². The molecule has 3 rings (SSSR count). The van der Waals surface area contributed by atoms with Gasteiger partial charge in [0.05, 0.1) is 48.3 Å². The third kappa shape index (κ3) is 6.76. The molecule has 1 aliphatic rings. The van der Waals surface area contributed by atoms with Crippen molar-refractivity contribution in [1.82, 2.24) is 10.6 Å². The van der Waals surface area contributed by atoms with Crippen LogP contribution < -0.4 is 20.1 Å². The molecular formula is C26H26ClN3O6S. The molecule has 0 aromatic heterocycles. The first-order valence-corrected chi connectivity index (χ1v) is 12.7. The molecule has 11 heteroatoms. The van der Waals surface area contributed by atoms with E-state index in [1.807, 2.05) is 19.1 Å².